The van der Waals surface area contributed by atoms with Crippen molar-refractivity contribution in [2.24, 2.45) is 0 Å². The summed E-state index contributed by atoms with van der Waals surface area (Å²) >= 11 is 0. The molecule has 0 aliphatic rings. The second-order valence-corrected chi connectivity index (χ2v) is 4.50. The van der Waals surface area contributed by atoms with Gasteiger partial charge in [-0.2, -0.15) is 0 Å². The van der Waals surface area contributed by atoms with Gasteiger partial charge in [-0.15, -0.1) is 0 Å². The van der Waals surface area contributed by atoms with Crippen LogP contribution in [-0.2, 0) is 0 Å². The molecule has 0 aliphatic heterocycles. The van der Waals surface area contributed by atoms with E-state index in [4.69, 9.17) is 14.6 Å². The van der Waals surface area contributed by atoms with Crippen molar-refractivity contribution >= 4 is 18.1 Å². The van der Waals surface area contributed by atoms with Crippen LogP contribution >= 0.6 is 0 Å². The molecule has 22 heavy (non-hydrogen) atoms. The number of ether oxygens (including phenoxy) is 2. The van der Waals surface area contributed by atoms with Gasteiger partial charge < -0.3 is 19.7 Å². The highest BCUT2D eigenvalue weighted by atomic mass is 16.5. The Morgan fingerprint density at radius 1 is 0.955 bits per heavy atom. The summed E-state index contributed by atoms with van der Waals surface area (Å²) in [6.07, 6.45) is 3.62. The molecule has 0 bridgehead atoms. The van der Waals surface area contributed by atoms with Crippen molar-refractivity contribution in [2.45, 2.75) is 0 Å². The Bertz CT molecular complexity index is 702. The number of hydrogen-bond acceptors (Lipinski definition) is 4. The standard InChI is InChI=1S/C17H16O5/c1-21-15-12(9-10-14(18)16(15)22-2)6-3-11-4-7-13(8-5-11)17(19)20/h3-10,18H,1-2H3,(H,19,20). The van der Waals surface area contributed by atoms with Gasteiger partial charge in [0.05, 0.1) is 19.8 Å². The average molecular weight is 300 g/mol. The van der Waals surface area contributed by atoms with Crippen molar-refractivity contribution in [2.75, 3.05) is 14.2 Å². The van der Waals surface area contributed by atoms with Gasteiger partial charge in [0.1, 0.15) is 0 Å². The van der Waals surface area contributed by atoms with E-state index < -0.39 is 5.97 Å². The number of carboxylic acids is 1. The zero-order valence-corrected chi connectivity index (χ0v) is 12.2. The molecule has 0 atom stereocenters. The summed E-state index contributed by atoms with van der Waals surface area (Å²) in [6, 6.07) is 9.73. The molecular formula is C17H16O5. The van der Waals surface area contributed by atoms with Crippen molar-refractivity contribution in [1.29, 1.82) is 0 Å². The van der Waals surface area contributed by atoms with Crippen LogP contribution < -0.4 is 9.47 Å². The van der Waals surface area contributed by atoms with Crippen LogP contribution in [0.25, 0.3) is 12.2 Å². The van der Waals surface area contributed by atoms with E-state index in [1.807, 2.05) is 6.08 Å². The number of aromatic carboxylic acids is 1. The number of rotatable bonds is 5. The molecule has 5 nitrogen and oxygen atoms in total. The first kappa shape index (κ1) is 15.4. The Morgan fingerprint density at radius 2 is 1.59 bits per heavy atom. The fraction of sp³-hybridized carbons (Fsp3) is 0.118. The highest BCUT2D eigenvalue weighted by Crippen LogP contribution is 2.39. The lowest BCUT2D eigenvalue weighted by atomic mass is 10.1. The van der Waals surface area contributed by atoms with Crippen molar-refractivity contribution in [3.63, 3.8) is 0 Å². The number of carboxylic acid groups (broad SMARTS) is 1. The summed E-state index contributed by atoms with van der Waals surface area (Å²) < 4.78 is 10.4. The minimum Gasteiger partial charge on any atom is -0.504 e. The Kier molecular flexibility index (Phi) is 4.68. The number of phenolic OH excluding ortho intramolecular Hbond substituents is 1. The van der Waals surface area contributed by atoms with Crippen molar-refractivity contribution in [1.82, 2.24) is 0 Å². The van der Waals surface area contributed by atoms with Crippen LogP contribution in [0.1, 0.15) is 21.5 Å². The molecule has 0 unspecified atom stereocenters. The molecule has 0 saturated heterocycles. The number of hydrogen-bond donors (Lipinski definition) is 2. The van der Waals surface area contributed by atoms with Crippen LogP contribution in [0.15, 0.2) is 36.4 Å². The first-order valence-electron chi connectivity index (χ1n) is 6.52. The number of benzene rings is 2. The highest BCUT2D eigenvalue weighted by molar-refractivity contribution is 5.88. The third-order valence-electron chi connectivity index (χ3n) is 3.14. The molecule has 0 spiro atoms. The zero-order valence-electron chi connectivity index (χ0n) is 12.2. The number of methoxy groups -OCH3 is 2. The second-order valence-electron chi connectivity index (χ2n) is 4.50. The lowest BCUT2D eigenvalue weighted by Crippen LogP contribution is -1.95. The van der Waals surface area contributed by atoms with E-state index in [1.165, 1.54) is 32.4 Å². The van der Waals surface area contributed by atoms with Crippen LogP contribution in [0.5, 0.6) is 17.2 Å². The number of aromatic hydroxyl groups is 1. The molecule has 0 aromatic heterocycles. The Morgan fingerprint density at radius 3 is 2.14 bits per heavy atom. The molecule has 0 amide bonds. The monoisotopic (exact) mass is 300 g/mol. The van der Waals surface area contributed by atoms with Crippen molar-refractivity contribution in [3.8, 4) is 17.2 Å². The van der Waals surface area contributed by atoms with E-state index in [1.54, 1.807) is 24.3 Å². The maximum absolute atomic E-state index is 10.8. The van der Waals surface area contributed by atoms with Crippen molar-refractivity contribution < 1.29 is 24.5 Å². The van der Waals surface area contributed by atoms with E-state index >= 15 is 0 Å². The molecule has 0 radical (unpaired) electrons. The molecule has 2 N–H and O–H groups in total. The summed E-state index contributed by atoms with van der Waals surface area (Å²) in [7, 11) is 2.95. The highest BCUT2D eigenvalue weighted by Gasteiger charge is 2.12. The fourth-order valence-electron chi connectivity index (χ4n) is 2.03. The Hall–Kier alpha value is -2.95. The Labute approximate surface area is 128 Å². The molecule has 5 heteroatoms. The third-order valence-corrected chi connectivity index (χ3v) is 3.14. The number of phenols is 1. The maximum Gasteiger partial charge on any atom is 0.335 e. The van der Waals surface area contributed by atoms with Gasteiger partial charge in [-0.1, -0.05) is 24.3 Å². The Balaban J connectivity index is 2.32. The van der Waals surface area contributed by atoms with E-state index in [2.05, 4.69) is 0 Å². The van der Waals surface area contributed by atoms with Crippen molar-refractivity contribution in [3.05, 3.63) is 53.1 Å². The minimum absolute atomic E-state index is 0.00214. The lowest BCUT2D eigenvalue weighted by Gasteiger charge is -2.11. The zero-order chi connectivity index (χ0) is 16.1. The summed E-state index contributed by atoms with van der Waals surface area (Å²) in [5, 5.41) is 18.6. The van der Waals surface area contributed by atoms with Gasteiger partial charge in [-0.05, 0) is 29.8 Å². The summed E-state index contributed by atoms with van der Waals surface area (Å²) in [6.45, 7) is 0. The largest absolute Gasteiger partial charge is 0.504 e. The van der Waals surface area contributed by atoms with Gasteiger partial charge in [0.25, 0.3) is 0 Å². The van der Waals surface area contributed by atoms with Gasteiger partial charge in [0.2, 0.25) is 5.75 Å². The molecule has 0 fully saturated rings. The lowest BCUT2D eigenvalue weighted by molar-refractivity contribution is 0.0697. The van der Waals surface area contributed by atoms with Crippen LogP contribution in [0.4, 0.5) is 0 Å². The van der Waals surface area contributed by atoms with E-state index in [0.29, 0.717) is 5.75 Å². The topological polar surface area (TPSA) is 76.0 Å². The predicted molar refractivity (Wildman–Crippen MR) is 83.5 cm³/mol. The van der Waals surface area contributed by atoms with Crippen LogP contribution in [0.2, 0.25) is 0 Å². The molecule has 2 aromatic rings. The number of carbonyl (C=O) groups is 1. The molecule has 0 heterocycles. The van der Waals surface area contributed by atoms with E-state index in [9.17, 15) is 9.90 Å². The molecule has 0 saturated carbocycles. The summed E-state index contributed by atoms with van der Waals surface area (Å²) in [5.74, 6) is -0.255. The van der Waals surface area contributed by atoms with E-state index in [-0.39, 0.29) is 17.1 Å². The van der Waals surface area contributed by atoms with Gasteiger partial charge in [0, 0.05) is 5.56 Å². The molecule has 114 valence electrons. The molecule has 0 aliphatic carbocycles. The second kappa shape index (κ2) is 6.67. The SMILES string of the molecule is COc1c(O)ccc(C=Cc2ccc(C(=O)O)cc2)c1OC. The summed E-state index contributed by atoms with van der Waals surface area (Å²) in [5.41, 5.74) is 1.82. The summed E-state index contributed by atoms with van der Waals surface area (Å²) in [4.78, 5) is 10.8. The molecule has 2 aromatic carbocycles. The fourth-order valence-corrected chi connectivity index (χ4v) is 2.03. The van der Waals surface area contributed by atoms with Crippen LogP contribution in [-0.4, -0.2) is 30.4 Å². The van der Waals surface area contributed by atoms with Gasteiger partial charge in [0.15, 0.2) is 11.5 Å². The van der Waals surface area contributed by atoms with Crippen LogP contribution in [0, 0.1) is 0 Å². The maximum atomic E-state index is 10.8. The molecular weight excluding hydrogens is 284 g/mol. The van der Waals surface area contributed by atoms with Gasteiger partial charge >= 0.3 is 5.97 Å². The van der Waals surface area contributed by atoms with Gasteiger partial charge in [-0.3, -0.25) is 0 Å². The molecule has 2 rings (SSSR count). The quantitative estimate of drug-likeness (QED) is 0.829. The van der Waals surface area contributed by atoms with Gasteiger partial charge in [-0.25, -0.2) is 4.79 Å². The average Bonchev–Trinajstić information content (AvgIpc) is 2.53. The van der Waals surface area contributed by atoms with Crippen LogP contribution in [0.3, 0.4) is 0 Å². The first-order valence-corrected chi connectivity index (χ1v) is 6.52. The van der Waals surface area contributed by atoms with E-state index in [0.717, 1.165) is 11.1 Å². The predicted octanol–water partition coefficient (Wildman–Crippen LogP) is 3.28. The minimum atomic E-state index is -0.958. The third kappa shape index (κ3) is 3.20. The normalized spacial score (nSPS) is 10.6. The first-order chi connectivity index (χ1) is 10.6. The smallest absolute Gasteiger partial charge is 0.335 e.